The molecule has 0 bridgehead atoms. The molecule has 0 heterocycles. The van der Waals surface area contributed by atoms with Gasteiger partial charge in [-0.05, 0) is 86.9 Å². The fourth-order valence-corrected chi connectivity index (χ4v) is 9.24. The van der Waals surface area contributed by atoms with Crippen molar-refractivity contribution in [1.29, 1.82) is 0 Å². The molecule has 5 rings (SSSR count). The predicted molar refractivity (Wildman–Crippen MR) is 114 cm³/mol. The molecule has 4 fully saturated rings. The van der Waals surface area contributed by atoms with Gasteiger partial charge in [-0.1, -0.05) is 25.5 Å². The van der Waals surface area contributed by atoms with E-state index in [2.05, 4.69) is 26.8 Å². The van der Waals surface area contributed by atoms with Crippen molar-refractivity contribution >= 4 is 11.9 Å². The third-order valence-corrected chi connectivity index (χ3v) is 10.7. The molecule has 0 aromatic rings. The smallest absolute Gasteiger partial charge is 0.303 e. The van der Waals surface area contributed by atoms with Crippen molar-refractivity contribution in [3.63, 3.8) is 0 Å². The van der Waals surface area contributed by atoms with Gasteiger partial charge in [-0.15, -0.1) is 0 Å². The second kappa shape index (κ2) is 6.36. The third kappa shape index (κ3) is 2.57. The van der Waals surface area contributed by atoms with Crippen LogP contribution in [-0.4, -0.2) is 23.6 Å². The van der Waals surface area contributed by atoms with Crippen molar-refractivity contribution in [3.8, 4) is 0 Å². The van der Waals surface area contributed by atoms with Gasteiger partial charge in [0.25, 0.3) is 0 Å². The number of esters is 2. The zero-order valence-electron chi connectivity index (χ0n) is 19.4. The summed E-state index contributed by atoms with van der Waals surface area (Å²) in [6, 6.07) is 0. The highest BCUT2D eigenvalue weighted by Gasteiger charge is 2.79. The predicted octanol–water partition coefficient (Wildman–Crippen LogP) is 5.59. The summed E-state index contributed by atoms with van der Waals surface area (Å²) in [5, 5.41) is 0. The van der Waals surface area contributed by atoms with E-state index in [1.54, 1.807) is 12.5 Å². The molecule has 4 heteroatoms. The van der Waals surface area contributed by atoms with Crippen molar-refractivity contribution in [2.45, 2.75) is 104 Å². The van der Waals surface area contributed by atoms with Gasteiger partial charge < -0.3 is 9.47 Å². The number of rotatable bonds is 2. The van der Waals surface area contributed by atoms with Gasteiger partial charge in [0, 0.05) is 25.7 Å². The van der Waals surface area contributed by atoms with Crippen LogP contribution in [0.4, 0.5) is 0 Å². The zero-order chi connectivity index (χ0) is 21.5. The minimum atomic E-state index is -0.253. The highest BCUT2D eigenvalue weighted by atomic mass is 16.6. The molecule has 8 atom stereocenters. The van der Waals surface area contributed by atoms with Gasteiger partial charge in [-0.25, -0.2) is 0 Å². The number of hydrogen-bond acceptors (Lipinski definition) is 4. The molecular formula is C26H38O4. The van der Waals surface area contributed by atoms with Gasteiger partial charge in [0.05, 0.1) is 0 Å². The Morgan fingerprint density at radius 2 is 1.70 bits per heavy atom. The standard InChI is InChI=1S/C26H38O4/c1-16(27)29-19-8-11-23(3)18(14-19)6-7-20-21(23)9-12-24(4)22(20)10-13-26(24)15-25(26,5)30-17(2)28/h6,19-22H,7-15H2,1-5H3/t19-,20?,21?,22?,23-,24-,25?,26?/m0/s1. The Morgan fingerprint density at radius 1 is 0.967 bits per heavy atom. The monoisotopic (exact) mass is 414 g/mol. The van der Waals surface area contributed by atoms with Crippen molar-refractivity contribution < 1.29 is 19.1 Å². The van der Waals surface area contributed by atoms with E-state index in [9.17, 15) is 9.59 Å². The van der Waals surface area contributed by atoms with Crippen LogP contribution in [0.25, 0.3) is 0 Å². The second-order valence-corrected chi connectivity index (χ2v) is 11.8. The first kappa shape index (κ1) is 20.6. The molecule has 5 aliphatic rings. The van der Waals surface area contributed by atoms with Gasteiger partial charge >= 0.3 is 11.9 Å². The summed E-state index contributed by atoms with van der Waals surface area (Å²) >= 11 is 0. The SMILES string of the molecule is CC(=O)O[C@H]1CC[C@@]2(C)C(=CCC3C2CC[C@@]2(C)C3CCC23CC3(C)OC(C)=O)C1. The summed E-state index contributed by atoms with van der Waals surface area (Å²) in [4.78, 5) is 23.2. The molecule has 0 aliphatic heterocycles. The molecule has 1 spiro atoms. The van der Waals surface area contributed by atoms with Crippen molar-refractivity contribution in [2.24, 2.45) is 34.0 Å². The molecule has 5 unspecified atom stereocenters. The van der Waals surface area contributed by atoms with Gasteiger partial charge in [-0.3, -0.25) is 9.59 Å². The Labute approximate surface area is 181 Å². The Morgan fingerprint density at radius 3 is 2.40 bits per heavy atom. The van der Waals surface area contributed by atoms with Gasteiger partial charge in [0.15, 0.2) is 0 Å². The van der Waals surface area contributed by atoms with Gasteiger partial charge in [0.2, 0.25) is 0 Å². The lowest BCUT2D eigenvalue weighted by Gasteiger charge is -2.58. The van der Waals surface area contributed by atoms with Crippen LogP contribution in [-0.2, 0) is 19.1 Å². The Bertz CT molecular complexity index is 816. The van der Waals surface area contributed by atoms with E-state index in [0.717, 1.165) is 43.4 Å². The maximum atomic E-state index is 11.8. The molecule has 0 aromatic heterocycles. The number of fused-ring (bicyclic) bond motifs is 6. The van der Waals surface area contributed by atoms with Crippen LogP contribution in [0.3, 0.4) is 0 Å². The molecule has 0 saturated heterocycles. The van der Waals surface area contributed by atoms with E-state index in [1.807, 2.05) is 0 Å². The molecule has 4 saturated carbocycles. The zero-order valence-corrected chi connectivity index (χ0v) is 19.4. The van der Waals surface area contributed by atoms with E-state index in [4.69, 9.17) is 9.47 Å². The first-order valence-electron chi connectivity index (χ1n) is 12.1. The lowest BCUT2D eigenvalue weighted by atomic mass is 9.47. The minimum absolute atomic E-state index is 0.0675. The van der Waals surface area contributed by atoms with E-state index >= 15 is 0 Å². The summed E-state index contributed by atoms with van der Waals surface area (Å²) in [7, 11) is 0. The van der Waals surface area contributed by atoms with E-state index in [1.165, 1.54) is 39.0 Å². The van der Waals surface area contributed by atoms with Crippen LogP contribution >= 0.6 is 0 Å². The summed E-state index contributed by atoms with van der Waals surface area (Å²) in [5.74, 6) is 1.93. The number of hydrogen-bond donors (Lipinski definition) is 0. The molecule has 0 aromatic carbocycles. The molecule has 30 heavy (non-hydrogen) atoms. The molecule has 0 radical (unpaired) electrons. The molecule has 166 valence electrons. The van der Waals surface area contributed by atoms with Crippen molar-refractivity contribution in [1.82, 2.24) is 0 Å². The average molecular weight is 415 g/mol. The maximum absolute atomic E-state index is 11.8. The summed E-state index contributed by atoms with van der Waals surface area (Å²) in [5.41, 5.74) is 2.04. The first-order valence-corrected chi connectivity index (χ1v) is 12.1. The van der Waals surface area contributed by atoms with Crippen LogP contribution in [0.2, 0.25) is 0 Å². The van der Waals surface area contributed by atoms with Crippen molar-refractivity contribution in [2.75, 3.05) is 0 Å². The molecule has 5 aliphatic carbocycles. The van der Waals surface area contributed by atoms with Crippen LogP contribution in [0.15, 0.2) is 11.6 Å². The molecule has 0 amide bonds. The average Bonchev–Trinajstić information content (AvgIpc) is 3.12. The Balaban J connectivity index is 1.40. The molecular weight excluding hydrogens is 376 g/mol. The number of carbonyl (C=O) groups is 2. The van der Waals surface area contributed by atoms with Gasteiger partial charge in [0.1, 0.15) is 11.7 Å². The summed E-state index contributed by atoms with van der Waals surface area (Å²) < 4.78 is 11.5. The van der Waals surface area contributed by atoms with Crippen LogP contribution in [0.5, 0.6) is 0 Å². The quantitative estimate of drug-likeness (QED) is 0.436. The highest BCUT2D eigenvalue weighted by molar-refractivity contribution is 5.67. The second-order valence-electron chi connectivity index (χ2n) is 11.8. The lowest BCUT2D eigenvalue weighted by Crippen LogP contribution is -2.51. The fourth-order valence-electron chi connectivity index (χ4n) is 9.24. The maximum Gasteiger partial charge on any atom is 0.303 e. The lowest BCUT2D eigenvalue weighted by molar-refractivity contribution is -0.154. The highest BCUT2D eigenvalue weighted by Crippen LogP contribution is 2.81. The molecule has 4 nitrogen and oxygen atoms in total. The minimum Gasteiger partial charge on any atom is -0.462 e. The number of allylic oxidation sites excluding steroid dienone is 1. The Hall–Kier alpha value is -1.32. The van der Waals surface area contributed by atoms with Crippen molar-refractivity contribution in [3.05, 3.63) is 11.6 Å². The largest absolute Gasteiger partial charge is 0.462 e. The summed E-state index contributed by atoms with van der Waals surface area (Å²) in [6.07, 6.45) is 12.9. The van der Waals surface area contributed by atoms with E-state index < -0.39 is 0 Å². The first-order chi connectivity index (χ1) is 14.0. The number of ether oxygens (including phenoxy) is 2. The normalized spacial score (nSPS) is 51.3. The topological polar surface area (TPSA) is 52.6 Å². The van der Waals surface area contributed by atoms with Crippen LogP contribution in [0.1, 0.15) is 92.4 Å². The fraction of sp³-hybridized carbons (Fsp3) is 0.846. The van der Waals surface area contributed by atoms with Crippen LogP contribution in [0, 0.1) is 34.0 Å². The van der Waals surface area contributed by atoms with Gasteiger partial charge in [-0.2, -0.15) is 0 Å². The summed E-state index contributed by atoms with van der Waals surface area (Å²) in [6.45, 7) is 10.3. The Kier molecular flexibility index (Phi) is 4.36. The van der Waals surface area contributed by atoms with Crippen LogP contribution < -0.4 is 0 Å². The molecule has 0 N–H and O–H groups in total. The third-order valence-electron chi connectivity index (χ3n) is 10.7. The van der Waals surface area contributed by atoms with E-state index in [-0.39, 0.29) is 39.9 Å². The number of carbonyl (C=O) groups excluding carboxylic acids is 2. The van der Waals surface area contributed by atoms with E-state index in [0.29, 0.717) is 0 Å².